The van der Waals surface area contributed by atoms with E-state index in [-0.39, 0.29) is 0 Å². The highest BCUT2D eigenvalue weighted by Crippen LogP contribution is 2.12. The van der Waals surface area contributed by atoms with Crippen molar-refractivity contribution in [2.45, 2.75) is 83.3 Å². The molecule has 150 valence electrons. The third-order valence-corrected chi connectivity index (χ3v) is 4.13. The van der Waals surface area contributed by atoms with Crippen LogP contribution in [-0.2, 0) is 18.9 Å². The quantitative estimate of drug-likeness (QED) is 0.378. The fourth-order valence-corrected chi connectivity index (χ4v) is 2.26. The van der Waals surface area contributed by atoms with E-state index in [0.29, 0.717) is 18.8 Å². The van der Waals surface area contributed by atoms with Gasteiger partial charge >= 0.3 is 0 Å². The minimum Gasteiger partial charge on any atom is -0.396 e. The Balaban J connectivity index is 0.000000220. The third kappa shape index (κ3) is 21.8. The van der Waals surface area contributed by atoms with Crippen molar-refractivity contribution in [3.8, 4) is 0 Å². The van der Waals surface area contributed by atoms with Gasteiger partial charge in [0.05, 0.1) is 39.6 Å². The van der Waals surface area contributed by atoms with Crippen LogP contribution in [0.15, 0.2) is 0 Å². The lowest BCUT2D eigenvalue weighted by Crippen LogP contribution is -2.06. The molecule has 25 heavy (non-hydrogen) atoms. The number of hydrogen-bond donors (Lipinski definition) is 1. The summed E-state index contributed by atoms with van der Waals surface area (Å²) in [5.74, 6) is 0. The lowest BCUT2D eigenvalue weighted by atomic mass is 10.1. The summed E-state index contributed by atoms with van der Waals surface area (Å²) in [4.78, 5) is 0. The second-order valence-corrected chi connectivity index (χ2v) is 6.97. The molecule has 3 saturated heterocycles. The summed E-state index contributed by atoms with van der Waals surface area (Å²) >= 11 is 0. The van der Waals surface area contributed by atoms with Crippen LogP contribution in [0, 0.1) is 0 Å². The molecule has 2 atom stereocenters. The molecule has 1 N–H and O–H groups in total. The Morgan fingerprint density at radius 3 is 1.48 bits per heavy atom. The molecule has 0 saturated carbocycles. The van der Waals surface area contributed by atoms with E-state index in [1.54, 1.807) is 0 Å². The number of hydrogen-bond acceptors (Lipinski definition) is 5. The minimum absolute atomic E-state index is 0.372. The molecule has 5 nitrogen and oxygen atoms in total. The lowest BCUT2D eigenvalue weighted by molar-refractivity contribution is 0.102. The molecule has 3 rings (SSSR count). The topological polar surface area (TPSA) is 67.0 Å². The van der Waals surface area contributed by atoms with Gasteiger partial charge in [0.1, 0.15) is 12.2 Å². The summed E-state index contributed by atoms with van der Waals surface area (Å²) in [5, 5.41) is 8.57. The van der Waals surface area contributed by atoms with Crippen LogP contribution >= 0.6 is 0 Å². The summed E-state index contributed by atoms with van der Waals surface area (Å²) in [5.41, 5.74) is 0. The summed E-state index contributed by atoms with van der Waals surface area (Å²) in [6.45, 7) is 7.89. The van der Waals surface area contributed by atoms with Crippen molar-refractivity contribution in [1.82, 2.24) is 0 Å². The predicted octanol–water partition coefficient (Wildman–Crippen LogP) is 3.72. The Bertz CT molecular complexity index is 240. The van der Waals surface area contributed by atoms with Crippen LogP contribution < -0.4 is 0 Å². The molecule has 3 aliphatic rings. The van der Waals surface area contributed by atoms with Crippen LogP contribution in [0.1, 0.15) is 71.1 Å². The van der Waals surface area contributed by atoms with Crippen LogP contribution in [0.4, 0.5) is 0 Å². The van der Waals surface area contributed by atoms with Crippen LogP contribution in [-0.4, -0.2) is 63.6 Å². The van der Waals surface area contributed by atoms with Crippen molar-refractivity contribution >= 4 is 0 Å². The standard InChI is InChI=1S/C12H26O.C6H10O3.C2H4O/c1-2-3-4-5-6-7-8-9-10-11-12-13;1(5-3-8-5)7-2-6-4-9-6;1-2-3-1/h13H,2-12H2,1H3;5-6H,1-4H2;1-2H2. The van der Waals surface area contributed by atoms with Gasteiger partial charge in [-0.25, -0.2) is 0 Å². The molecule has 2 unspecified atom stereocenters. The van der Waals surface area contributed by atoms with E-state index in [1.165, 1.54) is 57.8 Å². The number of aliphatic hydroxyl groups is 1. The first-order valence-electron chi connectivity index (χ1n) is 10.4. The Morgan fingerprint density at radius 2 is 1.16 bits per heavy atom. The van der Waals surface area contributed by atoms with Gasteiger partial charge in [-0.2, -0.15) is 0 Å². The average molecular weight is 361 g/mol. The highest BCUT2D eigenvalue weighted by Gasteiger charge is 2.26. The number of unbranched alkanes of at least 4 members (excludes halogenated alkanes) is 9. The van der Waals surface area contributed by atoms with Gasteiger partial charge in [-0.15, -0.1) is 0 Å². The molecule has 0 aromatic carbocycles. The van der Waals surface area contributed by atoms with E-state index in [2.05, 4.69) is 11.7 Å². The van der Waals surface area contributed by atoms with Crippen molar-refractivity contribution < 1.29 is 24.1 Å². The Morgan fingerprint density at radius 1 is 0.760 bits per heavy atom. The largest absolute Gasteiger partial charge is 0.396 e. The Hall–Kier alpha value is -0.200. The highest BCUT2D eigenvalue weighted by molar-refractivity contribution is 4.71. The number of aliphatic hydroxyl groups excluding tert-OH is 1. The third-order valence-electron chi connectivity index (χ3n) is 4.13. The van der Waals surface area contributed by atoms with E-state index in [4.69, 9.17) is 19.3 Å². The summed E-state index contributed by atoms with van der Waals surface area (Å²) in [6.07, 6.45) is 14.1. The smallest absolute Gasteiger partial charge is 0.104 e. The zero-order chi connectivity index (χ0) is 18.0. The van der Waals surface area contributed by atoms with Crippen LogP contribution in [0.5, 0.6) is 0 Å². The first kappa shape index (κ1) is 22.8. The average Bonchev–Trinajstić information content (AvgIpc) is 3.48. The van der Waals surface area contributed by atoms with Gasteiger partial charge in [0.25, 0.3) is 0 Å². The molecular weight excluding hydrogens is 320 g/mol. The fraction of sp³-hybridized carbons (Fsp3) is 1.00. The van der Waals surface area contributed by atoms with Crippen molar-refractivity contribution in [2.75, 3.05) is 46.2 Å². The predicted molar refractivity (Wildman–Crippen MR) is 100 cm³/mol. The van der Waals surface area contributed by atoms with E-state index in [9.17, 15) is 0 Å². The molecule has 3 heterocycles. The fourth-order valence-electron chi connectivity index (χ4n) is 2.26. The minimum atomic E-state index is 0.372. The second kappa shape index (κ2) is 17.2. The van der Waals surface area contributed by atoms with Crippen molar-refractivity contribution in [3.05, 3.63) is 0 Å². The first-order valence-corrected chi connectivity index (χ1v) is 10.4. The lowest BCUT2D eigenvalue weighted by Gasteiger charge is -2.00. The van der Waals surface area contributed by atoms with E-state index >= 15 is 0 Å². The molecule has 5 heteroatoms. The van der Waals surface area contributed by atoms with Gasteiger partial charge in [0.2, 0.25) is 0 Å². The zero-order valence-corrected chi connectivity index (χ0v) is 16.3. The zero-order valence-electron chi connectivity index (χ0n) is 16.3. The first-order chi connectivity index (χ1) is 12.4. The van der Waals surface area contributed by atoms with Gasteiger partial charge in [-0.3, -0.25) is 0 Å². The maximum absolute atomic E-state index is 8.57. The SMILES string of the molecule is C(OCC1CO1)C1CO1.C1CO1.CCCCCCCCCCCCO. The molecule has 3 aliphatic heterocycles. The number of rotatable bonds is 14. The van der Waals surface area contributed by atoms with Gasteiger partial charge in [-0.05, 0) is 6.42 Å². The molecule has 0 aromatic heterocycles. The number of epoxide rings is 3. The van der Waals surface area contributed by atoms with Crippen LogP contribution in [0.2, 0.25) is 0 Å². The van der Waals surface area contributed by atoms with E-state index in [0.717, 1.165) is 46.1 Å². The van der Waals surface area contributed by atoms with Crippen LogP contribution in [0.25, 0.3) is 0 Å². The van der Waals surface area contributed by atoms with Crippen LogP contribution in [0.3, 0.4) is 0 Å². The molecule has 0 bridgehead atoms. The maximum Gasteiger partial charge on any atom is 0.104 e. The Labute approximate surface area is 154 Å². The molecule has 0 radical (unpaired) electrons. The maximum atomic E-state index is 8.57. The Kier molecular flexibility index (Phi) is 15.7. The summed E-state index contributed by atoms with van der Waals surface area (Å²) in [7, 11) is 0. The van der Waals surface area contributed by atoms with E-state index < -0.39 is 0 Å². The monoisotopic (exact) mass is 360 g/mol. The van der Waals surface area contributed by atoms with Gasteiger partial charge in [0.15, 0.2) is 0 Å². The van der Waals surface area contributed by atoms with Gasteiger partial charge in [-0.1, -0.05) is 64.7 Å². The molecule has 3 fully saturated rings. The normalized spacial score (nSPS) is 22.3. The number of ether oxygens (including phenoxy) is 4. The highest BCUT2D eigenvalue weighted by atomic mass is 16.6. The van der Waals surface area contributed by atoms with Gasteiger partial charge < -0.3 is 24.1 Å². The molecular formula is C20H40O5. The molecule has 0 spiro atoms. The molecule has 0 aliphatic carbocycles. The van der Waals surface area contributed by atoms with Crippen molar-refractivity contribution in [1.29, 1.82) is 0 Å². The summed E-state index contributed by atoms with van der Waals surface area (Å²) in [6, 6.07) is 0. The second-order valence-electron chi connectivity index (χ2n) is 6.97. The molecule has 0 aromatic rings. The van der Waals surface area contributed by atoms with Crippen molar-refractivity contribution in [3.63, 3.8) is 0 Å². The molecule has 0 amide bonds. The van der Waals surface area contributed by atoms with Gasteiger partial charge in [0, 0.05) is 6.61 Å². The van der Waals surface area contributed by atoms with Crippen molar-refractivity contribution in [2.24, 2.45) is 0 Å². The van der Waals surface area contributed by atoms with E-state index in [1.807, 2.05) is 0 Å². The summed E-state index contributed by atoms with van der Waals surface area (Å²) < 4.78 is 19.6.